The lowest BCUT2D eigenvalue weighted by Crippen LogP contribution is -2.37. The van der Waals surface area contributed by atoms with E-state index in [1.165, 1.54) is 12.1 Å². The van der Waals surface area contributed by atoms with Crippen molar-refractivity contribution in [3.05, 3.63) is 69.1 Å². The number of nitrogens with two attached hydrogens (primary N) is 1. The standard InChI is InChI=1S/C25H25Cl2FN4O3/c26-19-2-1-3-20(27)22(19)23-18(24(35-31-23)14-4-5-14)13-34-16-8-10-32(11-9-16)15-6-7-17(21(28)12-15)25(29)30-33/h1-3,6-7,12,14,16,33H,4-5,8-11,13H2,(H2,29,30). The monoisotopic (exact) mass is 518 g/mol. The Morgan fingerprint density at radius 3 is 2.51 bits per heavy atom. The zero-order valence-corrected chi connectivity index (χ0v) is 20.4. The predicted molar refractivity (Wildman–Crippen MR) is 133 cm³/mol. The van der Waals surface area contributed by atoms with Crippen molar-refractivity contribution in [3.63, 3.8) is 0 Å². The molecule has 2 aliphatic rings. The highest BCUT2D eigenvalue weighted by molar-refractivity contribution is 6.39. The first-order chi connectivity index (χ1) is 17.0. The van der Waals surface area contributed by atoms with Crippen LogP contribution in [0.3, 0.4) is 0 Å². The van der Waals surface area contributed by atoms with Crippen LogP contribution >= 0.6 is 23.2 Å². The lowest BCUT2D eigenvalue weighted by molar-refractivity contribution is 0.0246. The molecule has 2 aromatic carbocycles. The molecular weight excluding hydrogens is 494 g/mol. The highest BCUT2D eigenvalue weighted by Gasteiger charge is 2.34. The third-order valence-electron chi connectivity index (χ3n) is 6.57. The molecule has 10 heteroatoms. The Bertz CT molecular complexity index is 1230. The summed E-state index contributed by atoms with van der Waals surface area (Å²) < 4.78 is 26.4. The summed E-state index contributed by atoms with van der Waals surface area (Å²) in [5.41, 5.74) is 8.55. The van der Waals surface area contributed by atoms with Gasteiger partial charge in [-0.05, 0) is 56.0 Å². The van der Waals surface area contributed by atoms with Gasteiger partial charge in [0.25, 0.3) is 0 Å². The SMILES string of the molecule is N/C(=N\O)c1ccc(N2CCC(OCc3c(-c4c(Cl)cccc4Cl)noc3C3CC3)CC2)cc1F. The average Bonchev–Trinajstić information content (AvgIpc) is 3.62. The summed E-state index contributed by atoms with van der Waals surface area (Å²) in [6.45, 7) is 1.80. The van der Waals surface area contributed by atoms with Crippen molar-refractivity contribution in [2.75, 3.05) is 18.0 Å². The minimum atomic E-state index is -0.526. The molecule has 2 heterocycles. The molecule has 0 bridgehead atoms. The summed E-state index contributed by atoms with van der Waals surface area (Å²) in [7, 11) is 0. The van der Waals surface area contributed by atoms with Gasteiger partial charge in [-0.25, -0.2) is 4.39 Å². The van der Waals surface area contributed by atoms with Gasteiger partial charge in [0.05, 0.1) is 28.3 Å². The number of aromatic nitrogens is 1. The number of halogens is 3. The fraction of sp³-hybridized carbons (Fsp3) is 0.360. The topological polar surface area (TPSA) is 97.1 Å². The molecule has 1 aliphatic heterocycles. The van der Waals surface area contributed by atoms with Crippen molar-refractivity contribution in [3.8, 4) is 11.3 Å². The van der Waals surface area contributed by atoms with Crippen LogP contribution in [0.1, 0.15) is 48.5 Å². The molecule has 5 rings (SSSR count). The van der Waals surface area contributed by atoms with Gasteiger partial charge in [-0.1, -0.05) is 39.6 Å². The summed E-state index contributed by atoms with van der Waals surface area (Å²) in [5.74, 6) is 0.440. The van der Waals surface area contributed by atoms with Crippen molar-refractivity contribution in [2.45, 2.75) is 44.3 Å². The molecular formula is C25H25Cl2FN4O3. The maximum absolute atomic E-state index is 14.4. The van der Waals surface area contributed by atoms with Crippen molar-refractivity contribution in [2.24, 2.45) is 10.9 Å². The lowest BCUT2D eigenvalue weighted by Gasteiger charge is -2.33. The number of piperidine rings is 1. The second-order valence-electron chi connectivity index (χ2n) is 8.89. The van der Waals surface area contributed by atoms with E-state index in [4.69, 9.17) is 43.4 Å². The molecule has 0 amide bonds. The molecule has 0 atom stereocenters. The molecule has 1 saturated heterocycles. The zero-order chi connectivity index (χ0) is 24.5. The fourth-order valence-corrected chi connectivity index (χ4v) is 5.07. The number of oxime groups is 1. The van der Waals surface area contributed by atoms with Crippen LogP contribution in [0, 0.1) is 5.82 Å². The van der Waals surface area contributed by atoms with E-state index in [-0.39, 0.29) is 17.5 Å². The number of ether oxygens (including phenoxy) is 1. The van der Waals surface area contributed by atoms with Gasteiger partial charge < -0.3 is 25.1 Å². The van der Waals surface area contributed by atoms with E-state index in [2.05, 4.69) is 15.2 Å². The minimum Gasteiger partial charge on any atom is -0.409 e. The number of nitrogens with zero attached hydrogens (tertiary/aromatic N) is 3. The highest BCUT2D eigenvalue weighted by Crippen LogP contribution is 2.46. The number of benzene rings is 2. The fourth-order valence-electron chi connectivity index (χ4n) is 4.49. The molecule has 35 heavy (non-hydrogen) atoms. The zero-order valence-electron chi connectivity index (χ0n) is 18.9. The Balaban J connectivity index is 1.26. The van der Waals surface area contributed by atoms with Crippen LogP contribution in [0.15, 0.2) is 46.1 Å². The van der Waals surface area contributed by atoms with Gasteiger partial charge in [0.15, 0.2) is 5.84 Å². The van der Waals surface area contributed by atoms with Gasteiger partial charge >= 0.3 is 0 Å². The van der Waals surface area contributed by atoms with Crippen molar-refractivity contribution in [1.82, 2.24) is 5.16 Å². The van der Waals surface area contributed by atoms with Gasteiger partial charge in [-0.2, -0.15) is 0 Å². The maximum atomic E-state index is 14.4. The summed E-state index contributed by atoms with van der Waals surface area (Å²) in [5, 5.41) is 17.0. The van der Waals surface area contributed by atoms with Gasteiger partial charge in [0.2, 0.25) is 0 Å². The average molecular weight is 519 g/mol. The molecule has 0 unspecified atom stereocenters. The number of rotatable bonds is 7. The number of hydrogen-bond acceptors (Lipinski definition) is 6. The van der Waals surface area contributed by atoms with E-state index in [0.717, 1.165) is 55.8 Å². The maximum Gasteiger partial charge on any atom is 0.173 e. The van der Waals surface area contributed by atoms with E-state index < -0.39 is 5.82 Å². The van der Waals surface area contributed by atoms with Gasteiger partial charge in [0, 0.05) is 35.8 Å². The van der Waals surface area contributed by atoms with E-state index in [9.17, 15) is 4.39 Å². The molecule has 3 aromatic rings. The summed E-state index contributed by atoms with van der Waals surface area (Å²) in [4.78, 5) is 2.10. The first-order valence-corrected chi connectivity index (χ1v) is 12.3. The molecule has 7 nitrogen and oxygen atoms in total. The number of hydrogen-bond donors (Lipinski definition) is 2. The van der Waals surface area contributed by atoms with Crippen molar-refractivity contribution < 1.29 is 18.9 Å². The first kappa shape index (κ1) is 23.9. The van der Waals surface area contributed by atoms with Gasteiger partial charge in [-0.15, -0.1) is 0 Å². The first-order valence-electron chi connectivity index (χ1n) is 11.5. The van der Waals surface area contributed by atoms with Crippen LogP contribution in [0.25, 0.3) is 11.3 Å². The smallest absolute Gasteiger partial charge is 0.173 e. The third kappa shape index (κ3) is 4.96. The summed E-state index contributed by atoms with van der Waals surface area (Å²) in [6.07, 6.45) is 3.76. The van der Waals surface area contributed by atoms with E-state index in [1.54, 1.807) is 24.3 Å². The molecule has 1 saturated carbocycles. The minimum absolute atomic E-state index is 0.0454. The predicted octanol–water partition coefficient (Wildman–Crippen LogP) is 5.95. The molecule has 2 fully saturated rings. The Hall–Kier alpha value is -2.81. The summed E-state index contributed by atoms with van der Waals surface area (Å²) >= 11 is 12.9. The second kappa shape index (κ2) is 10.0. The second-order valence-corrected chi connectivity index (χ2v) is 9.71. The van der Waals surface area contributed by atoms with Gasteiger partial charge in [0.1, 0.15) is 17.3 Å². The van der Waals surface area contributed by atoms with Crippen molar-refractivity contribution >= 4 is 34.7 Å². The highest BCUT2D eigenvalue weighted by atomic mass is 35.5. The Morgan fingerprint density at radius 2 is 1.89 bits per heavy atom. The van der Waals surface area contributed by atoms with Crippen LogP contribution in [0.4, 0.5) is 10.1 Å². The van der Waals surface area contributed by atoms with Crippen LogP contribution < -0.4 is 10.6 Å². The van der Waals surface area contributed by atoms with Crippen LogP contribution in [0.2, 0.25) is 10.0 Å². The summed E-state index contributed by atoms with van der Waals surface area (Å²) in [6, 6.07) is 10.1. The quantitative estimate of drug-likeness (QED) is 0.174. The number of amidine groups is 1. The normalized spacial score (nSPS) is 17.2. The molecule has 0 spiro atoms. The molecule has 0 radical (unpaired) electrons. The van der Waals surface area contributed by atoms with E-state index in [1.807, 2.05) is 0 Å². The van der Waals surface area contributed by atoms with Crippen LogP contribution in [-0.2, 0) is 11.3 Å². The lowest BCUT2D eigenvalue weighted by atomic mass is 10.0. The van der Waals surface area contributed by atoms with E-state index >= 15 is 0 Å². The molecule has 3 N–H and O–H groups in total. The molecule has 1 aromatic heterocycles. The Kier molecular flexibility index (Phi) is 6.86. The van der Waals surface area contributed by atoms with Crippen molar-refractivity contribution in [1.29, 1.82) is 0 Å². The van der Waals surface area contributed by atoms with Crippen LogP contribution in [0.5, 0.6) is 0 Å². The third-order valence-corrected chi connectivity index (χ3v) is 7.20. The largest absolute Gasteiger partial charge is 0.409 e. The molecule has 184 valence electrons. The Labute approximate surface area is 212 Å². The van der Waals surface area contributed by atoms with E-state index in [0.29, 0.717) is 33.8 Å². The van der Waals surface area contributed by atoms with Crippen LogP contribution in [-0.4, -0.2) is 35.4 Å². The Morgan fingerprint density at radius 1 is 1.17 bits per heavy atom. The molecule has 1 aliphatic carbocycles. The number of anilines is 1. The van der Waals surface area contributed by atoms with Gasteiger partial charge in [-0.3, -0.25) is 0 Å².